The van der Waals surface area contributed by atoms with Crippen molar-refractivity contribution < 1.29 is 9.84 Å². The first-order chi connectivity index (χ1) is 4.62. The molecule has 1 fully saturated rings. The zero-order valence-electron chi connectivity index (χ0n) is 6.55. The predicted molar refractivity (Wildman–Crippen MR) is 39.8 cm³/mol. The molecule has 0 amide bonds. The van der Waals surface area contributed by atoms with Crippen LogP contribution < -0.4 is 0 Å². The van der Waals surface area contributed by atoms with Crippen LogP contribution >= 0.6 is 0 Å². The maximum absolute atomic E-state index is 9.49. The van der Waals surface area contributed by atoms with E-state index in [1.807, 2.05) is 19.9 Å². The van der Waals surface area contributed by atoms with Crippen molar-refractivity contribution in [3.63, 3.8) is 0 Å². The minimum Gasteiger partial charge on any atom is -0.385 e. The average molecular weight is 142 g/mol. The number of hydrogen-bond donors (Lipinski definition) is 1. The van der Waals surface area contributed by atoms with Gasteiger partial charge in [-0.1, -0.05) is 11.6 Å². The third-order valence-electron chi connectivity index (χ3n) is 1.63. The highest BCUT2D eigenvalue weighted by Gasteiger charge is 2.34. The molecule has 0 bridgehead atoms. The minimum absolute atomic E-state index is 0.497. The first-order valence-electron chi connectivity index (χ1n) is 3.56. The van der Waals surface area contributed by atoms with E-state index in [1.165, 1.54) is 5.57 Å². The van der Waals surface area contributed by atoms with Crippen LogP contribution in [0.5, 0.6) is 0 Å². The van der Waals surface area contributed by atoms with Crippen LogP contribution in [0.4, 0.5) is 0 Å². The fourth-order valence-electron chi connectivity index (χ4n) is 0.850. The van der Waals surface area contributed by atoms with E-state index in [0.717, 1.165) is 6.42 Å². The molecule has 1 rings (SSSR count). The van der Waals surface area contributed by atoms with Crippen molar-refractivity contribution >= 4 is 0 Å². The van der Waals surface area contributed by atoms with Gasteiger partial charge < -0.3 is 9.84 Å². The van der Waals surface area contributed by atoms with Crippen LogP contribution in [0.25, 0.3) is 0 Å². The van der Waals surface area contributed by atoms with E-state index >= 15 is 0 Å². The molecule has 1 aliphatic heterocycles. The van der Waals surface area contributed by atoms with E-state index in [1.54, 1.807) is 0 Å². The molecule has 58 valence electrons. The summed E-state index contributed by atoms with van der Waals surface area (Å²) in [6.07, 6.45) is 2.78. The third-order valence-corrected chi connectivity index (χ3v) is 1.63. The summed E-state index contributed by atoms with van der Waals surface area (Å²) >= 11 is 0. The van der Waals surface area contributed by atoms with Crippen molar-refractivity contribution in [2.45, 2.75) is 25.9 Å². The molecule has 0 aliphatic carbocycles. The van der Waals surface area contributed by atoms with Gasteiger partial charge >= 0.3 is 0 Å². The molecule has 10 heavy (non-hydrogen) atoms. The van der Waals surface area contributed by atoms with E-state index in [4.69, 9.17) is 4.74 Å². The predicted octanol–water partition coefficient (Wildman–Crippen LogP) is 1.10. The molecular formula is C8H14O2. The van der Waals surface area contributed by atoms with Gasteiger partial charge in [0.1, 0.15) is 5.60 Å². The van der Waals surface area contributed by atoms with E-state index in [9.17, 15) is 5.11 Å². The summed E-state index contributed by atoms with van der Waals surface area (Å²) < 4.78 is 4.89. The van der Waals surface area contributed by atoms with Gasteiger partial charge in [0.05, 0.1) is 13.2 Å². The smallest absolute Gasteiger partial charge is 0.115 e. The summed E-state index contributed by atoms with van der Waals surface area (Å²) in [5.41, 5.74) is 0.706. The maximum atomic E-state index is 9.49. The molecule has 1 saturated heterocycles. The SMILES string of the molecule is CC(C)=CCC1(O)COC1. The Kier molecular flexibility index (Phi) is 2.11. The van der Waals surface area contributed by atoms with Crippen molar-refractivity contribution in [2.75, 3.05) is 13.2 Å². The standard InChI is InChI=1S/C8H14O2/c1-7(2)3-4-8(9)5-10-6-8/h3,9H,4-6H2,1-2H3. The summed E-state index contributed by atoms with van der Waals surface area (Å²) in [5.74, 6) is 0. The Bertz CT molecular complexity index is 141. The highest BCUT2D eigenvalue weighted by molar-refractivity contribution is 5.00. The summed E-state index contributed by atoms with van der Waals surface area (Å²) in [5, 5.41) is 9.49. The average Bonchev–Trinajstić information content (AvgIpc) is 1.79. The van der Waals surface area contributed by atoms with Crippen LogP contribution in [0.3, 0.4) is 0 Å². The number of aliphatic hydroxyl groups is 1. The molecule has 1 aliphatic rings. The number of ether oxygens (including phenoxy) is 1. The summed E-state index contributed by atoms with van der Waals surface area (Å²) in [6, 6.07) is 0. The molecule has 1 N–H and O–H groups in total. The molecule has 2 nitrogen and oxygen atoms in total. The second-order valence-electron chi connectivity index (χ2n) is 3.20. The second-order valence-corrected chi connectivity index (χ2v) is 3.20. The molecule has 0 atom stereocenters. The van der Waals surface area contributed by atoms with Crippen LogP contribution in [-0.2, 0) is 4.74 Å². The molecule has 0 aromatic carbocycles. The molecule has 0 saturated carbocycles. The molecular weight excluding hydrogens is 128 g/mol. The Morgan fingerprint density at radius 1 is 1.60 bits per heavy atom. The number of rotatable bonds is 2. The Hall–Kier alpha value is -0.340. The fraction of sp³-hybridized carbons (Fsp3) is 0.750. The first-order valence-corrected chi connectivity index (χ1v) is 3.56. The summed E-state index contributed by atoms with van der Waals surface area (Å²) in [7, 11) is 0. The van der Waals surface area contributed by atoms with Crippen LogP contribution in [0.15, 0.2) is 11.6 Å². The van der Waals surface area contributed by atoms with Gasteiger partial charge in [0.15, 0.2) is 0 Å². The Morgan fingerprint density at radius 3 is 2.50 bits per heavy atom. The van der Waals surface area contributed by atoms with Crippen molar-refractivity contribution in [1.82, 2.24) is 0 Å². The fourth-order valence-corrected chi connectivity index (χ4v) is 0.850. The number of hydrogen-bond acceptors (Lipinski definition) is 2. The highest BCUT2D eigenvalue weighted by Crippen LogP contribution is 2.21. The van der Waals surface area contributed by atoms with Gasteiger partial charge in [-0.05, 0) is 20.3 Å². The van der Waals surface area contributed by atoms with Gasteiger partial charge in [0, 0.05) is 0 Å². The minimum atomic E-state index is -0.544. The normalized spacial score (nSPS) is 21.5. The highest BCUT2D eigenvalue weighted by atomic mass is 16.5. The third kappa shape index (κ3) is 1.82. The Labute approximate surface area is 61.5 Å². The molecule has 2 heteroatoms. The lowest BCUT2D eigenvalue weighted by atomic mass is 9.97. The van der Waals surface area contributed by atoms with Gasteiger partial charge in [-0.3, -0.25) is 0 Å². The molecule has 1 heterocycles. The maximum Gasteiger partial charge on any atom is 0.115 e. The van der Waals surface area contributed by atoms with E-state index in [2.05, 4.69) is 0 Å². The summed E-state index contributed by atoms with van der Waals surface area (Å²) in [4.78, 5) is 0. The first kappa shape index (κ1) is 7.76. The molecule has 0 unspecified atom stereocenters. The van der Waals surface area contributed by atoms with Crippen molar-refractivity contribution in [2.24, 2.45) is 0 Å². The quantitative estimate of drug-likeness (QED) is 0.585. The van der Waals surface area contributed by atoms with Gasteiger partial charge in [-0.2, -0.15) is 0 Å². The molecule has 0 spiro atoms. The topological polar surface area (TPSA) is 29.5 Å². The van der Waals surface area contributed by atoms with E-state index in [-0.39, 0.29) is 0 Å². The largest absolute Gasteiger partial charge is 0.385 e. The van der Waals surface area contributed by atoms with E-state index < -0.39 is 5.60 Å². The Morgan fingerprint density at radius 2 is 2.20 bits per heavy atom. The zero-order valence-corrected chi connectivity index (χ0v) is 6.55. The van der Waals surface area contributed by atoms with Gasteiger partial charge in [-0.15, -0.1) is 0 Å². The summed E-state index contributed by atoms with van der Waals surface area (Å²) in [6.45, 7) is 5.05. The molecule has 0 aromatic rings. The van der Waals surface area contributed by atoms with Crippen molar-refractivity contribution in [1.29, 1.82) is 0 Å². The van der Waals surface area contributed by atoms with Crippen LogP contribution in [0.1, 0.15) is 20.3 Å². The van der Waals surface area contributed by atoms with Crippen LogP contribution in [0, 0.1) is 0 Å². The second kappa shape index (κ2) is 2.72. The monoisotopic (exact) mass is 142 g/mol. The molecule has 0 radical (unpaired) electrons. The lowest BCUT2D eigenvalue weighted by Gasteiger charge is -2.35. The van der Waals surface area contributed by atoms with Crippen LogP contribution in [-0.4, -0.2) is 23.9 Å². The Balaban J connectivity index is 2.31. The molecule has 0 aromatic heterocycles. The number of allylic oxidation sites excluding steroid dienone is 1. The zero-order chi connectivity index (χ0) is 7.61. The lowest BCUT2D eigenvalue weighted by Crippen LogP contribution is -2.49. The van der Waals surface area contributed by atoms with Gasteiger partial charge in [-0.25, -0.2) is 0 Å². The van der Waals surface area contributed by atoms with Crippen molar-refractivity contribution in [3.8, 4) is 0 Å². The van der Waals surface area contributed by atoms with Crippen molar-refractivity contribution in [3.05, 3.63) is 11.6 Å². The lowest BCUT2D eigenvalue weighted by molar-refractivity contribution is -0.175. The van der Waals surface area contributed by atoms with E-state index in [0.29, 0.717) is 13.2 Å². The van der Waals surface area contributed by atoms with Gasteiger partial charge in [0.2, 0.25) is 0 Å². The van der Waals surface area contributed by atoms with Gasteiger partial charge in [0.25, 0.3) is 0 Å². The van der Waals surface area contributed by atoms with Crippen LogP contribution in [0.2, 0.25) is 0 Å².